The molecule has 142 valence electrons. The molecule has 0 saturated heterocycles. The Morgan fingerprint density at radius 2 is 1.78 bits per heavy atom. The Kier molecular flexibility index (Phi) is 5.57. The Morgan fingerprint density at radius 3 is 2.37 bits per heavy atom. The van der Waals surface area contributed by atoms with Crippen LogP contribution in [-0.4, -0.2) is 31.4 Å². The van der Waals surface area contributed by atoms with Crippen LogP contribution in [0.2, 0.25) is 0 Å². The molecule has 2 N–H and O–H groups in total. The molecule has 1 unspecified atom stereocenters. The van der Waals surface area contributed by atoms with Gasteiger partial charge in [0.2, 0.25) is 11.7 Å². The summed E-state index contributed by atoms with van der Waals surface area (Å²) in [4.78, 5) is 4.58. The minimum Gasteiger partial charge on any atom is -0.497 e. The van der Waals surface area contributed by atoms with Gasteiger partial charge in [-0.15, -0.1) is 0 Å². The van der Waals surface area contributed by atoms with Crippen LogP contribution in [0.1, 0.15) is 24.3 Å². The van der Waals surface area contributed by atoms with Crippen LogP contribution in [0.15, 0.2) is 57.9 Å². The Hall–Kier alpha value is -2.71. The number of methoxy groups -OCH3 is 1. The lowest BCUT2D eigenvalue weighted by molar-refractivity contribution is 0.365. The molecule has 0 spiro atoms. The van der Waals surface area contributed by atoms with Gasteiger partial charge in [-0.3, -0.25) is 0 Å². The molecule has 1 heterocycles. The molecule has 0 aliphatic heterocycles. The smallest absolute Gasteiger partial charge is 0.230 e. The van der Waals surface area contributed by atoms with Crippen molar-refractivity contribution in [3.63, 3.8) is 0 Å². The van der Waals surface area contributed by atoms with E-state index < -0.39 is 15.8 Å². The maximum atomic E-state index is 12.6. The van der Waals surface area contributed by atoms with E-state index in [1.54, 1.807) is 19.1 Å². The SMILES string of the molecule is COc1ccc(S(=O)(=O)CC(C)c2nc(-c3ccc(CN)cc3)no2)cc1. The highest BCUT2D eigenvalue weighted by Crippen LogP contribution is 2.24. The number of rotatable bonds is 7. The largest absolute Gasteiger partial charge is 0.497 e. The van der Waals surface area contributed by atoms with Crippen LogP contribution in [-0.2, 0) is 16.4 Å². The highest BCUT2D eigenvalue weighted by atomic mass is 32.2. The van der Waals surface area contributed by atoms with Gasteiger partial charge in [-0.2, -0.15) is 4.98 Å². The third-order valence-corrected chi connectivity index (χ3v) is 6.13. The van der Waals surface area contributed by atoms with E-state index in [0.29, 0.717) is 18.1 Å². The molecule has 1 aromatic heterocycles. The first kappa shape index (κ1) is 19.1. The van der Waals surface area contributed by atoms with Gasteiger partial charge in [-0.1, -0.05) is 36.3 Å². The number of nitrogens with zero attached hydrogens (tertiary/aromatic N) is 2. The van der Waals surface area contributed by atoms with Crippen LogP contribution in [0.4, 0.5) is 0 Å². The maximum Gasteiger partial charge on any atom is 0.230 e. The Balaban J connectivity index is 1.75. The molecule has 0 aliphatic rings. The standard InChI is InChI=1S/C19H21N3O4S/c1-13(12-27(23,24)17-9-7-16(25-2)8-10-17)19-21-18(22-26-19)15-5-3-14(11-20)4-6-15/h3-10,13H,11-12,20H2,1-2H3. The summed E-state index contributed by atoms with van der Waals surface area (Å²) in [5.74, 6) is 0.727. The lowest BCUT2D eigenvalue weighted by Gasteiger charge is -2.08. The average Bonchev–Trinajstić information content (AvgIpc) is 3.18. The minimum atomic E-state index is -3.49. The molecular weight excluding hydrogens is 366 g/mol. The molecule has 1 atom stereocenters. The van der Waals surface area contributed by atoms with Crippen molar-refractivity contribution >= 4 is 9.84 Å². The van der Waals surface area contributed by atoms with Gasteiger partial charge < -0.3 is 15.0 Å². The number of hydrogen-bond donors (Lipinski definition) is 1. The van der Waals surface area contributed by atoms with Crippen LogP contribution >= 0.6 is 0 Å². The van der Waals surface area contributed by atoms with Gasteiger partial charge in [-0.05, 0) is 29.8 Å². The van der Waals surface area contributed by atoms with E-state index in [4.69, 9.17) is 15.0 Å². The van der Waals surface area contributed by atoms with E-state index >= 15 is 0 Å². The highest BCUT2D eigenvalue weighted by Gasteiger charge is 2.24. The van der Waals surface area contributed by atoms with Crippen molar-refractivity contribution in [1.29, 1.82) is 0 Å². The number of hydrogen-bond acceptors (Lipinski definition) is 7. The van der Waals surface area contributed by atoms with Gasteiger partial charge in [0.25, 0.3) is 0 Å². The Morgan fingerprint density at radius 1 is 1.11 bits per heavy atom. The van der Waals surface area contributed by atoms with Crippen LogP contribution in [0.25, 0.3) is 11.4 Å². The second kappa shape index (κ2) is 7.89. The molecule has 0 radical (unpaired) electrons. The van der Waals surface area contributed by atoms with Crippen molar-refractivity contribution in [3.05, 3.63) is 60.0 Å². The van der Waals surface area contributed by atoms with Crippen molar-refractivity contribution in [2.75, 3.05) is 12.9 Å². The van der Waals surface area contributed by atoms with Crippen LogP contribution < -0.4 is 10.5 Å². The van der Waals surface area contributed by atoms with E-state index in [9.17, 15) is 8.42 Å². The van der Waals surface area contributed by atoms with Gasteiger partial charge in [-0.25, -0.2) is 8.42 Å². The molecule has 0 bridgehead atoms. The normalized spacial score (nSPS) is 12.7. The van der Waals surface area contributed by atoms with Gasteiger partial charge in [0.15, 0.2) is 9.84 Å². The summed E-state index contributed by atoms with van der Waals surface area (Å²) >= 11 is 0. The molecule has 0 amide bonds. The van der Waals surface area contributed by atoms with Gasteiger partial charge in [0, 0.05) is 18.0 Å². The summed E-state index contributed by atoms with van der Waals surface area (Å²) < 4.78 is 35.6. The predicted octanol–water partition coefficient (Wildman–Crippen LogP) is 2.78. The molecule has 2 aromatic carbocycles. The number of aromatic nitrogens is 2. The Bertz CT molecular complexity index is 996. The van der Waals surface area contributed by atoms with E-state index in [1.807, 2.05) is 24.3 Å². The van der Waals surface area contributed by atoms with Gasteiger partial charge >= 0.3 is 0 Å². The average molecular weight is 387 g/mol. The van der Waals surface area contributed by atoms with Crippen LogP contribution in [0.5, 0.6) is 5.75 Å². The lowest BCUT2D eigenvalue weighted by Crippen LogP contribution is -2.13. The van der Waals surface area contributed by atoms with Crippen molar-refractivity contribution in [1.82, 2.24) is 10.1 Å². The molecular formula is C19H21N3O4S. The summed E-state index contributed by atoms with van der Waals surface area (Å²) in [6, 6.07) is 13.8. The fourth-order valence-electron chi connectivity index (χ4n) is 2.62. The van der Waals surface area contributed by atoms with Gasteiger partial charge in [0.05, 0.1) is 17.8 Å². The van der Waals surface area contributed by atoms with Crippen molar-refractivity contribution < 1.29 is 17.7 Å². The fraction of sp³-hybridized carbons (Fsp3) is 0.263. The summed E-state index contributed by atoms with van der Waals surface area (Å²) in [6.45, 7) is 2.20. The van der Waals surface area contributed by atoms with E-state index in [0.717, 1.165) is 11.1 Å². The van der Waals surface area contributed by atoms with E-state index in [-0.39, 0.29) is 16.5 Å². The number of benzene rings is 2. The second-order valence-corrected chi connectivity index (χ2v) is 8.25. The first-order chi connectivity index (χ1) is 12.9. The molecule has 27 heavy (non-hydrogen) atoms. The molecule has 3 aromatic rings. The zero-order valence-corrected chi connectivity index (χ0v) is 15.9. The van der Waals surface area contributed by atoms with Gasteiger partial charge in [0.1, 0.15) is 5.75 Å². The molecule has 0 aliphatic carbocycles. The summed E-state index contributed by atoms with van der Waals surface area (Å²) in [6.07, 6.45) is 0. The third-order valence-electron chi connectivity index (χ3n) is 4.20. The molecule has 8 heteroatoms. The fourth-order valence-corrected chi connectivity index (χ4v) is 4.17. The number of nitrogens with two attached hydrogens (primary N) is 1. The predicted molar refractivity (Wildman–Crippen MR) is 101 cm³/mol. The molecule has 0 fully saturated rings. The zero-order chi connectivity index (χ0) is 19.4. The number of sulfone groups is 1. The number of ether oxygens (including phenoxy) is 1. The first-order valence-corrected chi connectivity index (χ1v) is 10.1. The van der Waals surface area contributed by atoms with E-state index in [1.165, 1.54) is 19.2 Å². The van der Waals surface area contributed by atoms with Crippen molar-refractivity contribution in [2.45, 2.75) is 24.3 Å². The van der Waals surface area contributed by atoms with Crippen molar-refractivity contribution in [2.24, 2.45) is 5.73 Å². The summed E-state index contributed by atoms with van der Waals surface area (Å²) in [5, 5.41) is 3.96. The first-order valence-electron chi connectivity index (χ1n) is 8.42. The second-order valence-electron chi connectivity index (χ2n) is 6.22. The molecule has 3 rings (SSSR count). The maximum absolute atomic E-state index is 12.6. The third kappa shape index (κ3) is 4.35. The summed E-state index contributed by atoms with van der Waals surface area (Å²) in [7, 11) is -1.96. The van der Waals surface area contributed by atoms with E-state index in [2.05, 4.69) is 10.1 Å². The quantitative estimate of drug-likeness (QED) is 0.664. The molecule has 7 nitrogen and oxygen atoms in total. The summed E-state index contributed by atoms with van der Waals surface area (Å²) in [5.41, 5.74) is 7.38. The highest BCUT2D eigenvalue weighted by molar-refractivity contribution is 7.91. The van der Waals surface area contributed by atoms with Crippen LogP contribution in [0, 0.1) is 0 Å². The Labute approximate surface area is 158 Å². The molecule has 0 saturated carbocycles. The lowest BCUT2D eigenvalue weighted by atomic mass is 10.1. The topological polar surface area (TPSA) is 108 Å². The zero-order valence-electron chi connectivity index (χ0n) is 15.1. The van der Waals surface area contributed by atoms with Crippen LogP contribution in [0.3, 0.4) is 0 Å². The minimum absolute atomic E-state index is 0.132. The monoisotopic (exact) mass is 387 g/mol. The van der Waals surface area contributed by atoms with Crippen molar-refractivity contribution in [3.8, 4) is 17.1 Å².